The number of hydrogen-bond donors (Lipinski definition) is 1. The van der Waals surface area contributed by atoms with Crippen LogP contribution < -0.4 is 9.62 Å². The van der Waals surface area contributed by atoms with E-state index in [9.17, 15) is 18.0 Å². The molecule has 5 rings (SSSR count). The predicted octanol–water partition coefficient (Wildman–Crippen LogP) is 7.27. The highest BCUT2D eigenvalue weighted by Crippen LogP contribution is 2.28. The second kappa shape index (κ2) is 15.3. The van der Waals surface area contributed by atoms with Crippen molar-refractivity contribution in [2.24, 2.45) is 0 Å². The van der Waals surface area contributed by atoms with E-state index < -0.39 is 28.5 Å². The maximum Gasteiger partial charge on any atom is 0.264 e. The van der Waals surface area contributed by atoms with Crippen LogP contribution in [0.5, 0.6) is 0 Å². The molecule has 0 saturated heterocycles. The Labute approximate surface area is 287 Å². The molecule has 1 atom stereocenters. The molecule has 0 bridgehead atoms. The largest absolute Gasteiger partial charge is 0.352 e. The minimum Gasteiger partial charge on any atom is -0.352 e. The summed E-state index contributed by atoms with van der Waals surface area (Å²) in [6.07, 6.45) is 4.19. The fourth-order valence-corrected chi connectivity index (χ4v) is 7.85. The summed E-state index contributed by atoms with van der Waals surface area (Å²) in [4.78, 5) is 30.5. The molecule has 0 heterocycles. The summed E-state index contributed by atoms with van der Waals surface area (Å²) in [6.45, 7) is 5.42. The van der Waals surface area contributed by atoms with Gasteiger partial charge in [-0.3, -0.25) is 13.9 Å². The number of anilines is 1. The maximum absolute atomic E-state index is 14.7. The molecule has 4 aromatic carbocycles. The van der Waals surface area contributed by atoms with Gasteiger partial charge < -0.3 is 10.2 Å². The minimum absolute atomic E-state index is 0.0533. The number of aryl methyl sites for hydroxylation is 3. The lowest BCUT2D eigenvalue weighted by Gasteiger charge is -2.34. The lowest BCUT2D eigenvalue weighted by atomic mass is 10.0. The van der Waals surface area contributed by atoms with Crippen LogP contribution in [0.2, 0.25) is 0 Å². The van der Waals surface area contributed by atoms with Crippen molar-refractivity contribution in [1.29, 1.82) is 0 Å². The molecule has 0 unspecified atom stereocenters. The van der Waals surface area contributed by atoms with E-state index in [1.807, 2.05) is 81.4 Å². The van der Waals surface area contributed by atoms with Crippen LogP contribution in [0.25, 0.3) is 0 Å². The molecule has 4 aromatic rings. The Morgan fingerprint density at radius 2 is 1.51 bits per heavy atom. The van der Waals surface area contributed by atoms with Crippen LogP contribution in [-0.4, -0.2) is 43.8 Å². The number of sulfonamides is 1. The first-order valence-corrected chi connectivity index (χ1v) is 18.3. The first kappa shape index (κ1) is 34.4. The average Bonchev–Trinajstić information content (AvgIpc) is 3.56. The van der Waals surface area contributed by atoms with Gasteiger partial charge in [-0.25, -0.2) is 8.42 Å². The highest BCUT2D eigenvalue weighted by atomic mass is 79.9. The standard InChI is InChI=1S/C38H42BrN3O4S/c1-27-16-20-35(21-17-27)47(45,46)42(34-19-18-28(2)29(3)22-34)26-37(43)41(25-31-12-9-13-32(39)23-31)36(24-30-10-5-4-6-11-30)38(44)40-33-14-7-8-15-33/h4-6,9-13,16-23,33,36H,7-8,14-15,24-26H2,1-3H3,(H,40,44)/t36-/m1/s1. The second-order valence-electron chi connectivity index (χ2n) is 12.4. The highest BCUT2D eigenvalue weighted by Gasteiger charge is 2.35. The lowest BCUT2D eigenvalue weighted by molar-refractivity contribution is -0.140. The van der Waals surface area contributed by atoms with Gasteiger partial charge in [0.15, 0.2) is 0 Å². The zero-order valence-corrected chi connectivity index (χ0v) is 29.6. The summed E-state index contributed by atoms with van der Waals surface area (Å²) in [5.41, 5.74) is 4.95. The van der Waals surface area contributed by atoms with Crippen molar-refractivity contribution in [3.63, 3.8) is 0 Å². The summed E-state index contributed by atoms with van der Waals surface area (Å²) in [7, 11) is -4.15. The Morgan fingerprint density at radius 3 is 2.17 bits per heavy atom. The van der Waals surface area contributed by atoms with Gasteiger partial charge >= 0.3 is 0 Å². The lowest BCUT2D eigenvalue weighted by Crippen LogP contribution is -2.54. The average molecular weight is 717 g/mol. The third-order valence-electron chi connectivity index (χ3n) is 8.88. The van der Waals surface area contributed by atoms with Crippen molar-refractivity contribution in [1.82, 2.24) is 10.2 Å². The molecule has 0 aliphatic heterocycles. The fraction of sp³-hybridized carbons (Fsp3) is 0.316. The van der Waals surface area contributed by atoms with Gasteiger partial charge in [-0.15, -0.1) is 0 Å². The Bertz CT molecular complexity index is 1810. The number of carbonyl (C=O) groups excluding carboxylic acids is 2. The molecule has 2 amide bonds. The number of halogens is 1. The van der Waals surface area contributed by atoms with Gasteiger partial charge in [0.1, 0.15) is 12.6 Å². The molecule has 1 fully saturated rings. The topological polar surface area (TPSA) is 86.8 Å². The second-order valence-corrected chi connectivity index (χ2v) is 15.2. The molecule has 9 heteroatoms. The zero-order chi connectivity index (χ0) is 33.6. The van der Waals surface area contributed by atoms with Crippen molar-refractivity contribution in [2.75, 3.05) is 10.8 Å². The van der Waals surface area contributed by atoms with Crippen LogP contribution in [0.1, 0.15) is 53.5 Å². The third kappa shape index (κ3) is 8.70. The first-order valence-electron chi connectivity index (χ1n) is 16.1. The Kier molecular flexibility index (Phi) is 11.2. The monoisotopic (exact) mass is 715 g/mol. The number of nitrogens with one attached hydrogen (secondary N) is 1. The number of nitrogens with zero attached hydrogens (tertiary/aromatic N) is 2. The number of carbonyl (C=O) groups is 2. The van der Waals surface area contributed by atoms with Crippen LogP contribution in [0.4, 0.5) is 5.69 Å². The van der Waals surface area contributed by atoms with E-state index in [1.165, 1.54) is 4.31 Å². The van der Waals surface area contributed by atoms with Gasteiger partial charge in [0, 0.05) is 23.5 Å². The van der Waals surface area contributed by atoms with Crippen molar-refractivity contribution in [2.45, 2.75) is 76.4 Å². The molecule has 1 aliphatic carbocycles. The van der Waals surface area contributed by atoms with Crippen molar-refractivity contribution < 1.29 is 18.0 Å². The van der Waals surface area contributed by atoms with Gasteiger partial charge in [0.25, 0.3) is 10.0 Å². The minimum atomic E-state index is -4.15. The van der Waals surface area contributed by atoms with Gasteiger partial charge in [0.2, 0.25) is 11.8 Å². The van der Waals surface area contributed by atoms with E-state index in [-0.39, 0.29) is 29.8 Å². The highest BCUT2D eigenvalue weighted by molar-refractivity contribution is 9.10. The first-order chi connectivity index (χ1) is 22.5. The molecule has 1 N–H and O–H groups in total. The number of amides is 2. The molecule has 1 aliphatic rings. The smallest absolute Gasteiger partial charge is 0.264 e. The van der Waals surface area contributed by atoms with Crippen LogP contribution in [0.3, 0.4) is 0 Å². The van der Waals surface area contributed by atoms with E-state index in [0.29, 0.717) is 5.69 Å². The quantitative estimate of drug-likeness (QED) is 0.167. The van der Waals surface area contributed by atoms with E-state index in [1.54, 1.807) is 41.3 Å². The van der Waals surface area contributed by atoms with E-state index in [2.05, 4.69) is 21.2 Å². The van der Waals surface area contributed by atoms with Crippen LogP contribution in [-0.2, 0) is 32.6 Å². The summed E-state index contributed by atoms with van der Waals surface area (Å²) < 4.78 is 30.6. The van der Waals surface area contributed by atoms with Gasteiger partial charge in [-0.05, 0) is 92.3 Å². The molecule has 0 radical (unpaired) electrons. The fourth-order valence-electron chi connectivity index (χ4n) is 6.00. The van der Waals surface area contributed by atoms with Crippen LogP contribution >= 0.6 is 15.9 Å². The van der Waals surface area contributed by atoms with Gasteiger partial charge in [0.05, 0.1) is 10.6 Å². The van der Waals surface area contributed by atoms with E-state index in [4.69, 9.17) is 0 Å². The third-order valence-corrected chi connectivity index (χ3v) is 11.2. The number of benzene rings is 4. The molecule has 7 nitrogen and oxygen atoms in total. The normalized spacial score (nSPS) is 14.0. The molecular formula is C38H42BrN3O4S. The molecule has 47 heavy (non-hydrogen) atoms. The molecule has 0 aromatic heterocycles. The Balaban J connectivity index is 1.58. The molecule has 0 spiro atoms. The van der Waals surface area contributed by atoms with Crippen LogP contribution in [0, 0.1) is 20.8 Å². The number of hydrogen-bond acceptors (Lipinski definition) is 4. The Hall–Kier alpha value is -3.95. The van der Waals surface area contributed by atoms with Gasteiger partial charge in [-0.2, -0.15) is 0 Å². The molecular weight excluding hydrogens is 674 g/mol. The van der Waals surface area contributed by atoms with E-state index in [0.717, 1.165) is 58.0 Å². The van der Waals surface area contributed by atoms with Crippen LogP contribution in [0.15, 0.2) is 106 Å². The maximum atomic E-state index is 14.7. The van der Waals surface area contributed by atoms with E-state index >= 15 is 0 Å². The summed E-state index contributed by atoms with van der Waals surface area (Å²) in [5.74, 6) is -0.704. The molecule has 246 valence electrons. The van der Waals surface area contributed by atoms with Crippen molar-refractivity contribution in [3.8, 4) is 0 Å². The number of rotatable bonds is 12. The van der Waals surface area contributed by atoms with Crippen molar-refractivity contribution in [3.05, 3.63) is 129 Å². The molecule has 1 saturated carbocycles. The zero-order valence-electron chi connectivity index (χ0n) is 27.2. The van der Waals surface area contributed by atoms with Crippen molar-refractivity contribution >= 4 is 43.5 Å². The SMILES string of the molecule is Cc1ccc(S(=O)(=O)N(CC(=O)N(Cc2cccc(Br)c2)[C@H](Cc2ccccc2)C(=O)NC2CCCC2)c2ccc(C)c(C)c2)cc1. The summed E-state index contributed by atoms with van der Waals surface area (Å²) in [5, 5.41) is 3.22. The summed E-state index contributed by atoms with van der Waals surface area (Å²) >= 11 is 3.54. The Morgan fingerprint density at radius 1 is 0.830 bits per heavy atom. The summed E-state index contributed by atoms with van der Waals surface area (Å²) in [6, 6.07) is 28.4. The predicted molar refractivity (Wildman–Crippen MR) is 191 cm³/mol. The van der Waals surface area contributed by atoms with Gasteiger partial charge in [-0.1, -0.05) is 95.0 Å².